The molecule has 0 bridgehead atoms. The van der Waals surface area contributed by atoms with Gasteiger partial charge >= 0.3 is 18.3 Å². The zero-order valence-corrected chi connectivity index (χ0v) is 19.8. The predicted octanol–water partition coefficient (Wildman–Crippen LogP) is 4.92. The Hall–Kier alpha value is -3.49. The summed E-state index contributed by atoms with van der Waals surface area (Å²) in [5.74, 6) is -6.98. The minimum Gasteiger partial charge on any atom is -0.362 e. The molecule has 1 amide bonds. The average molecular weight is 549 g/mol. The number of ether oxygens (including phenoxy) is 1. The molecule has 15 heteroatoms. The number of halogens is 8. The summed E-state index contributed by atoms with van der Waals surface area (Å²) in [5.41, 5.74) is -2.98. The number of aryl methyl sites for hydroxylation is 1. The van der Waals surface area contributed by atoms with Crippen molar-refractivity contribution in [3.63, 3.8) is 0 Å². The van der Waals surface area contributed by atoms with Gasteiger partial charge in [-0.2, -0.15) is 45.3 Å². The van der Waals surface area contributed by atoms with Crippen molar-refractivity contribution in [2.45, 2.75) is 43.8 Å². The molecule has 2 aliphatic heterocycles. The van der Waals surface area contributed by atoms with E-state index in [9.17, 15) is 39.9 Å². The molecule has 1 saturated heterocycles. The van der Waals surface area contributed by atoms with Crippen molar-refractivity contribution in [2.75, 3.05) is 13.1 Å². The van der Waals surface area contributed by atoms with E-state index in [2.05, 4.69) is 10.2 Å². The number of aromatic nitrogens is 4. The number of benzene rings is 1. The van der Waals surface area contributed by atoms with Crippen LogP contribution in [0.4, 0.5) is 35.1 Å². The average Bonchev–Trinajstić information content (AvgIpc) is 3.51. The van der Waals surface area contributed by atoms with Crippen LogP contribution in [-0.4, -0.2) is 49.6 Å². The highest BCUT2D eigenvalue weighted by Crippen LogP contribution is 2.49. The minimum absolute atomic E-state index is 0.0304. The van der Waals surface area contributed by atoms with Crippen molar-refractivity contribution in [2.24, 2.45) is 7.05 Å². The number of alkyl halides is 8. The van der Waals surface area contributed by atoms with Gasteiger partial charge in [0.2, 0.25) is 5.91 Å². The van der Waals surface area contributed by atoms with Gasteiger partial charge in [-0.3, -0.25) is 4.79 Å². The van der Waals surface area contributed by atoms with Gasteiger partial charge in [0, 0.05) is 25.2 Å². The standard InChI is InChI=1S/C23H19F8N5O2/c1-3-16(37)35-10-20(11-35)15-6-12(4-5-13(15)9-38-20)14-7-32-36(8-14)19-17(22(26,27)28)18(33-34(19)2)21(24,25)23(29,30)31/h4-8H,3,9-11H2,1-2H3. The summed E-state index contributed by atoms with van der Waals surface area (Å²) in [6.45, 7) is 2.74. The van der Waals surface area contributed by atoms with Crippen LogP contribution in [0.2, 0.25) is 0 Å². The van der Waals surface area contributed by atoms with E-state index in [1.54, 1.807) is 30.0 Å². The van der Waals surface area contributed by atoms with Gasteiger partial charge in [0.05, 0.1) is 25.9 Å². The van der Waals surface area contributed by atoms with E-state index in [0.717, 1.165) is 30.6 Å². The molecule has 0 radical (unpaired) electrons. The smallest absolute Gasteiger partial charge is 0.362 e. The van der Waals surface area contributed by atoms with Crippen molar-refractivity contribution in [3.05, 3.63) is 53.0 Å². The number of hydrogen-bond acceptors (Lipinski definition) is 4. The first kappa shape index (κ1) is 26.1. The number of nitrogens with zero attached hydrogens (tertiary/aromatic N) is 5. The van der Waals surface area contributed by atoms with Crippen molar-refractivity contribution in [1.82, 2.24) is 24.5 Å². The SMILES string of the molecule is CCC(=O)N1CC2(C1)OCc1ccc(-c3cnn(-c4c(C(F)(F)F)c(C(F)(F)C(F)(F)F)nn4C)c3)cc12. The molecule has 5 rings (SSSR count). The van der Waals surface area contributed by atoms with E-state index < -0.39 is 41.0 Å². The van der Waals surface area contributed by atoms with E-state index in [0.29, 0.717) is 36.4 Å². The maximum absolute atomic E-state index is 14.0. The molecule has 2 aromatic heterocycles. The van der Waals surface area contributed by atoms with Gasteiger partial charge in [-0.1, -0.05) is 19.1 Å². The van der Waals surface area contributed by atoms with Crippen molar-refractivity contribution < 1.29 is 44.7 Å². The van der Waals surface area contributed by atoms with Gasteiger partial charge < -0.3 is 9.64 Å². The molecular formula is C23H19F8N5O2. The van der Waals surface area contributed by atoms with Gasteiger partial charge in [-0.25, -0.2) is 9.36 Å². The lowest BCUT2D eigenvalue weighted by atomic mass is 9.84. The van der Waals surface area contributed by atoms with Crippen LogP contribution < -0.4 is 0 Å². The van der Waals surface area contributed by atoms with Crippen LogP contribution in [0, 0.1) is 0 Å². The molecule has 0 unspecified atom stereocenters. The highest BCUT2D eigenvalue weighted by atomic mass is 19.4. The van der Waals surface area contributed by atoms with Crippen molar-refractivity contribution >= 4 is 5.91 Å². The number of fused-ring (bicyclic) bond motifs is 2. The molecule has 1 spiro atoms. The molecule has 0 N–H and O–H groups in total. The summed E-state index contributed by atoms with van der Waals surface area (Å²) in [7, 11) is 0.818. The highest BCUT2D eigenvalue weighted by molar-refractivity contribution is 5.77. The molecule has 204 valence electrons. The Kier molecular flexibility index (Phi) is 5.67. The Bertz CT molecular complexity index is 1420. The third kappa shape index (κ3) is 3.85. The fourth-order valence-electron chi connectivity index (χ4n) is 4.81. The molecule has 4 heterocycles. The van der Waals surface area contributed by atoms with Crippen molar-refractivity contribution in [3.8, 4) is 16.9 Å². The number of hydrogen-bond donors (Lipinski definition) is 0. The number of rotatable bonds is 4. The van der Waals surface area contributed by atoms with Gasteiger partial charge in [0.25, 0.3) is 0 Å². The summed E-state index contributed by atoms with van der Waals surface area (Å²) in [5, 5.41) is 6.72. The fourth-order valence-corrected chi connectivity index (χ4v) is 4.81. The lowest BCUT2D eigenvalue weighted by molar-refractivity contribution is -0.292. The van der Waals surface area contributed by atoms with Crippen LogP contribution in [0.25, 0.3) is 16.9 Å². The van der Waals surface area contributed by atoms with Gasteiger partial charge in [-0.05, 0) is 22.8 Å². The molecule has 1 fully saturated rings. The molecule has 1 aromatic carbocycles. The quantitative estimate of drug-likeness (QED) is 0.434. The third-order valence-corrected chi connectivity index (χ3v) is 6.74. The van der Waals surface area contributed by atoms with Crippen molar-refractivity contribution in [1.29, 1.82) is 0 Å². The zero-order chi connectivity index (χ0) is 27.8. The molecule has 3 aromatic rings. The maximum atomic E-state index is 14.0. The third-order valence-electron chi connectivity index (χ3n) is 6.74. The van der Waals surface area contributed by atoms with Crippen LogP contribution in [0.3, 0.4) is 0 Å². The molecule has 0 aliphatic carbocycles. The topological polar surface area (TPSA) is 65.2 Å². The first-order valence-corrected chi connectivity index (χ1v) is 11.3. The molecule has 0 atom stereocenters. The summed E-state index contributed by atoms with van der Waals surface area (Å²) in [4.78, 5) is 13.6. The summed E-state index contributed by atoms with van der Waals surface area (Å²) in [6.07, 6.45) is -9.31. The second-order valence-electron chi connectivity index (χ2n) is 9.17. The Balaban J connectivity index is 1.53. The Morgan fingerprint density at radius 2 is 1.76 bits per heavy atom. The first-order chi connectivity index (χ1) is 17.6. The van der Waals surface area contributed by atoms with E-state index in [-0.39, 0.29) is 16.2 Å². The predicted molar refractivity (Wildman–Crippen MR) is 114 cm³/mol. The molecule has 2 aliphatic rings. The van der Waals surface area contributed by atoms with Gasteiger partial charge in [0.1, 0.15) is 11.2 Å². The van der Waals surface area contributed by atoms with E-state index >= 15 is 0 Å². The number of carbonyl (C=O) groups is 1. The lowest BCUT2D eigenvalue weighted by Gasteiger charge is -2.47. The van der Waals surface area contributed by atoms with Gasteiger partial charge in [-0.15, -0.1) is 0 Å². The fraction of sp³-hybridized carbons (Fsp3) is 0.435. The van der Waals surface area contributed by atoms with E-state index in [1.807, 2.05) is 0 Å². The second kappa shape index (κ2) is 8.25. The zero-order valence-electron chi connectivity index (χ0n) is 19.8. The number of likely N-dealkylation sites (tertiary alicyclic amines) is 1. The Morgan fingerprint density at radius 3 is 2.37 bits per heavy atom. The molecule has 38 heavy (non-hydrogen) atoms. The summed E-state index contributed by atoms with van der Waals surface area (Å²) in [6, 6.07) is 5.16. The lowest BCUT2D eigenvalue weighted by Crippen LogP contribution is -2.61. The molecule has 0 saturated carbocycles. The maximum Gasteiger partial charge on any atom is 0.459 e. The first-order valence-electron chi connectivity index (χ1n) is 11.3. The minimum atomic E-state index is -6.30. The van der Waals surface area contributed by atoms with Crippen LogP contribution in [-0.2, 0) is 40.9 Å². The van der Waals surface area contributed by atoms with Crippen LogP contribution in [0.1, 0.15) is 35.7 Å². The largest absolute Gasteiger partial charge is 0.459 e. The molecular weight excluding hydrogens is 530 g/mol. The van der Waals surface area contributed by atoms with Crippen LogP contribution in [0.15, 0.2) is 30.6 Å². The van der Waals surface area contributed by atoms with E-state index in [1.165, 1.54) is 0 Å². The van der Waals surface area contributed by atoms with Crippen LogP contribution >= 0.6 is 0 Å². The van der Waals surface area contributed by atoms with E-state index in [4.69, 9.17) is 4.74 Å². The Labute approximate surface area is 209 Å². The molecule has 7 nitrogen and oxygen atoms in total. The number of amides is 1. The second-order valence-corrected chi connectivity index (χ2v) is 9.17. The van der Waals surface area contributed by atoms with Gasteiger partial charge in [0.15, 0.2) is 11.5 Å². The summed E-state index contributed by atoms with van der Waals surface area (Å²) >= 11 is 0. The normalized spacial score (nSPS) is 17.2. The monoisotopic (exact) mass is 549 g/mol. The summed E-state index contributed by atoms with van der Waals surface area (Å²) < 4.78 is 115. The Morgan fingerprint density at radius 1 is 1.08 bits per heavy atom. The number of carbonyl (C=O) groups excluding carboxylic acids is 1. The highest BCUT2D eigenvalue weighted by Gasteiger charge is 2.64. The van der Waals surface area contributed by atoms with Crippen LogP contribution in [0.5, 0.6) is 0 Å².